The maximum Gasteiger partial charge on any atom is 0.451 e. The van der Waals surface area contributed by atoms with Gasteiger partial charge < -0.3 is 9.74 Å². The van der Waals surface area contributed by atoms with Crippen molar-refractivity contribution in [1.82, 2.24) is 10.4 Å². The van der Waals surface area contributed by atoms with E-state index in [1.54, 1.807) is 12.1 Å². The molecular weight excluding hydrogens is 329 g/mol. The lowest BCUT2D eigenvalue weighted by atomic mass is 10.1. The van der Waals surface area contributed by atoms with Crippen LogP contribution in [0.15, 0.2) is 23.5 Å². The SMILES string of the molecule is CC1=C(C(F)(F)F)ONC1c1ccc(C(=O)N2CCCCC2)s1. The zero-order valence-corrected chi connectivity index (χ0v) is 13.4. The zero-order valence-electron chi connectivity index (χ0n) is 12.6. The van der Waals surface area contributed by atoms with Crippen molar-refractivity contribution < 1.29 is 22.8 Å². The maximum atomic E-state index is 12.8. The van der Waals surface area contributed by atoms with E-state index in [9.17, 15) is 18.0 Å². The molecule has 3 rings (SSSR count). The first-order chi connectivity index (χ1) is 10.9. The predicted octanol–water partition coefficient (Wildman–Crippen LogP) is 3.79. The lowest BCUT2D eigenvalue weighted by Crippen LogP contribution is -2.35. The number of hydroxylamine groups is 1. The average Bonchev–Trinajstić information content (AvgIpc) is 3.13. The molecule has 1 aromatic rings. The number of allylic oxidation sites excluding steroid dienone is 1. The minimum absolute atomic E-state index is 0.0439. The number of nitrogens with zero attached hydrogens (tertiary/aromatic N) is 1. The van der Waals surface area contributed by atoms with E-state index < -0.39 is 18.0 Å². The Kier molecular flexibility index (Phi) is 4.37. The molecule has 1 saturated heterocycles. The lowest BCUT2D eigenvalue weighted by Gasteiger charge is -2.26. The van der Waals surface area contributed by atoms with E-state index in [0.717, 1.165) is 32.4 Å². The molecule has 8 heteroatoms. The van der Waals surface area contributed by atoms with E-state index in [4.69, 9.17) is 0 Å². The van der Waals surface area contributed by atoms with Gasteiger partial charge in [-0.15, -0.1) is 16.8 Å². The average molecular weight is 346 g/mol. The van der Waals surface area contributed by atoms with E-state index in [-0.39, 0.29) is 11.5 Å². The predicted molar refractivity (Wildman–Crippen MR) is 79.8 cm³/mol. The van der Waals surface area contributed by atoms with Crippen LogP contribution in [-0.2, 0) is 4.84 Å². The van der Waals surface area contributed by atoms with E-state index in [1.807, 2.05) is 4.90 Å². The van der Waals surface area contributed by atoms with Crippen LogP contribution in [0.2, 0.25) is 0 Å². The second kappa shape index (κ2) is 6.16. The standard InChI is InChI=1S/C15H17F3N2O2S/c1-9-12(19-22-13(9)15(16,17)18)10-5-6-11(23-10)14(21)20-7-3-2-4-8-20/h5-6,12,19H,2-4,7-8H2,1H3. The van der Waals surface area contributed by atoms with Crippen molar-refractivity contribution in [3.8, 4) is 0 Å². The highest BCUT2D eigenvalue weighted by Gasteiger charge is 2.44. The molecule has 2 aliphatic rings. The normalized spacial score (nSPS) is 22.4. The van der Waals surface area contributed by atoms with Crippen LogP contribution in [0.3, 0.4) is 0 Å². The van der Waals surface area contributed by atoms with Crippen LogP contribution in [0.25, 0.3) is 0 Å². The van der Waals surface area contributed by atoms with Crippen LogP contribution in [0.5, 0.6) is 0 Å². The molecule has 4 nitrogen and oxygen atoms in total. The molecule has 0 aliphatic carbocycles. The number of rotatable bonds is 2. The summed E-state index contributed by atoms with van der Waals surface area (Å²) < 4.78 is 38.4. The molecule has 2 aliphatic heterocycles. The van der Waals surface area contributed by atoms with E-state index >= 15 is 0 Å². The summed E-state index contributed by atoms with van der Waals surface area (Å²) >= 11 is 1.21. The summed E-state index contributed by atoms with van der Waals surface area (Å²) in [6, 6.07) is 2.70. The minimum atomic E-state index is -4.52. The number of carbonyl (C=O) groups excluding carboxylic acids is 1. The monoisotopic (exact) mass is 346 g/mol. The van der Waals surface area contributed by atoms with E-state index in [1.165, 1.54) is 18.3 Å². The summed E-state index contributed by atoms with van der Waals surface area (Å²) in [6.45, 7) is 2.88. The van der Waals surface area contributed by atoms with Crippen LogP contribution in [0, 0.1) is 0 Å². The molecule has 23 heavy (non-hydrogen) atoms. The topological polar surface area (TPSA) is 41.6 Å². The third kappa shape index (κ3) is 3.23. The molecule has 3 heterocycles. The molecule has 1 fully saturated rings. The zero-order chi connectivity index (χ0) is 16.6. The second-order valence-electron chi connectivity index (χ2n) is 5.72. The fraction of sp³-hybridized carbons (Fsp3) is 0.533. The van der Waals surface area contributed by atoms with Gasteiger partial charge in [0.2, 0.25) is 5.76 Å². The van der Waals surface area contributed by atoms with Crippen molar-refractivity contribution in [1.29, 1.82) is 0 Å². The second-order valence-corrected chi connectivity index (χ2v) is 6.83. The van der Waals surface area contributed by atoms with Gasteiger partial charge in [0.05, 0.1) is 4.88 Å². The Bertz CT molecular complexity index is 633. The smallest absolute Gasteiger partial charge is 0.403 e. The summed E-state index contributed by atoms with van der Waals surface area (Å²) in [5.74, 6) is -1.04. The van der Waals surface area contributed by atoms with Gasteiger partial charge in [-0.2, -0.15) is 13.2 Å². The molecule has 1 unspecified atom stereocenters. The molecule has 1 aromatic heterocycles. The third-order valence-corrected chi connectivity index (χ3v) is 5.23. The van der Waals surface area contributed by atoms with Gasteiger partial charge in [0.15, 0.2) is 0 Å². The van der Waals surface area contributed by atoms with Gasteiger partial charge in [-0.25, -0.2) is 0 Å². The number of piperidine rings is 1. The molecule has 1 amide bonds. The number of alkyl halides is 3. The number of nitrogens with one attached hydrogen (secondary N) is 1. The Morgan fingerprint density at radius 2 is 2.00 bits per heavy atom. The highest BCUT2D eigenvalue weighted by molar-refractivity contribution is 7.14. The van der Waals surface area contributed by atoms with Gasteiger partial charge in [0, 0.05) is 23.5 Å². The Labute approximate surface area is 135 Å². The summed E-state index contributed by atoms with van der Waals surface area (Å²) in [5, 5.41) is 0. The Balaban J connectivity index is 1.77. The molecule has 0 saturated carbocycles. The molecule has 0 radical (unpaired) electrons. The summed E-state index contributed by atoms with van der Waals surface area (Å²) in [5.41, 5.74) is 2.48. The van der Waals surface area contributed by atoms with E-state index in [0.29, 0.717) is 9.75 Å². The Morgan fingerprint density at radius 1 is 1.30 bits per heavy atom. The van der Waals surface area contributed by atoms with Crippen LogP contribution in [0.1, 0.15) is 46.8 Å². The largest absolute Gasteiger partial charge is 0.451 e. The minimum Gasteiger partial charge on any atom is -0.403 e. The number of hydrogen-bond donors (Lipinski definition) is 1. The molecule has 126 valence electrons. The number of amides is 1. The third-order valence-electron chi connectivity index (χ3n) is 4.09. The van der Waals surface area contributed by atoms with Crippen LogP contribution < -0.4 is 5.48 Å². The summed E-state index contributed by atoms with van der Waals surface area (Å²) in [6.07, 6.45) is -1.39. The van der Waals surface area contributed by atoms with Crippen molar-refractivity contribution >= 4 is 17.2 Å². The lowest BCUT2D eigenvalue weighted by molar-refractivity contribution is -0.137. The van der Waals surface area contributed by atoms with Crippen molar-refractivity contribution in [3.05, 3.63) is 33.2 Å². The van der Waals surface area contributed by atoms with Crippen LogP contribution >= 0.6 is 11.3 Å². The first-order valence-corrected chi connectivity index (χ1v) is 8.29. The number of carbonyl (C=O) groups is 1. The Morgan fingerprint density at radius 3 is 2.61 bits per heavy atom. The number of hydrogen-bond acceptors (Lipinski definition) is 4. The van der Waals surface area contributed by atoms with Crippen molar-refractivity contribution in [2.24, 2.45) is 0 Å². The molecule has 1 N–H and O–H groups in total. The highest BCUT2D eigenvalue weighted by Crippen LogP contribution is 2.40. The first-order valence-electron chi connectivity index (χ1n) is 7.47. The molecule has 0 spiro atoms. The molecular formula is C15H17F3N2O2S. The van der Waals surface area contributed by atoms with Gasteiger partial charge in [-0.1, -0.05) is 0 Å². The van der Waals surface area contributed by atoms with E-state index in [2.05, 4.69) is 10.3 Å². The number of likely N-dealkylation sites (tertiary alicyclic amines) is 1. The highest BCUT2D eigenvalue weighted by atomic mass is 32.1. The quantitative estimate of drug-likeness (QED) is 0.886. The van der Waals surface area contributed by atoms with Gasteiger partial charge >= 0.3 is 6.18 Å². The fourth-order valence-electron chi connectivity index (χ4n) is 2.85. The van der Waals surface area contributed by atoms with Crippen molar-refractivity contribution in [3.63, 3.8) is 0 Å². The van der Waals surface area contributed by atoms with Gasteiger partial charge in [0.1, 0.15) is 6.04 Å². The molecule has 0 aromatic carbocycles. The van der Waals surface area contributed by atoms with Crippen LogP contribution in [-0.4, -0.2) is 30.1 Å². The fourth-order valence-corrected chi connectivity index (χ4v) is 3.93. The molecule has 1 atom stereocenters. The number of thiophene rings is 1. The van der Waals surface area contributed by atoms with Gasteiger partial charge in [-0.05, 0) is 38.3 Å². The number of halogens is 3. The van der Waals surface area contributed by atoms with Crippen molar-refractivity contribution in [2.45, 2.75) is 38.4 Å². The van der Waals surface area contributed by atoms with Crippen LogP contribution in [0.4, 0.5) is 13.2 Å². The van der Waals surface area contributed by atoms with Crippen molar-refractivity contribution in [2.75, 3.05) is 13.1 Å². The van der Waals surface area contributed by atoms with Gasteiger partial charge in [-0.3, -0.25) is 4.79 Å². The Hall–Kier alpha value is -1.54. The summed E-state index contributed by atoms with van der Waals surface area (Å²) in [7, 11) is 0. The molecule has 0 bridgehead atoms. The first kappa shape index (κ1) is 16.3. The van der Waals surface area contributed by atoms with Gasteiger partial charge in [0.25, 0.3) is 5.91 Å². The maximum absolute atomic E-state index is 12.8. The summed E-state index contributed by atoms with van der Waals surface area (Å²) in [4.78, 5) is 20.0.